The molecule has 468 valence electrons. The van der Waals surface area contributed by atoms with E-state index in [0.717, 1.165) is 83.5 Å². The molecule has 6 heteroatoms. The third-order valence-corrected chi connectivity index (χ3v) is 16.1. The van der Waals surface area contributed by atoms with Crippen LogP contribution in [-0.2, 0) is 28.6 Å². The van der Waals surface area contributed by atoms with Crippen molar-refractivity contribution in [2.24, 2.45) is 0 Å². The zero-order valence-corrected chi connectivity index (χ0v) is 53.9. The molecule has 1 atom stereocenters. The first-order valence-electron chi connectivity index (χ1n) is 35.6. The maximum absolute atomic E-state index is 12.9. The van der Waals surface area contributed by atoms with Crippen molar-refractivity contribution in [3.8, 4) is 0 Å². The van der Waals surface area contributed by atoms with Gasteiger partial charge >= 0.3 is 17.9 Å². The highest BCUT2D eigenvalue weighted by atomic mass is 16.6. The lowest BCUT2D eigenvalue weighted by Gasteiger charge is -2.18. The first-order valence-corrected chi connectivity index (χ1v) is 35.6. The summed E-state index contributed by atoms with van der Waals surface area (Å²) in [6.07, 6.45) is 87.2. The number of allylic oxidation sites excluding steroid dienone is 8. The third-order valence-electron chi connectivity index (χ3n) is 16.1. The van der Waals surface area contributed by atoms with Crippen LogP contribution >= 0.6 is 0 Å². The Morgan fingerprint density at radius 2 is 0.487 bits per heavy atom. The number of rotatable bonds is 66. The van der Waals surface area contributed by atoms with E-state index in [1.54, 1.807) is 0 Å². The summed E-state index contributed by atoms with van der Waals surface area (Å²) < 4.78 is 17.0. The second-order valence-electron chi connectivity index (χ2n) is 24.1. The topological polar surface area (TPSA) is 78.9 Å². The first kappa shape index (κ1) is 77.4. The van der Waals surface area contributed by atoms with Crippen molar-refractivity contribution >= 4 is 17.9 Å². The number of hydrogen-bond donors (Lipinski definition) is 0. The largest absolute Gasteiger partial charge is 0.462 e. The summed E-state index contributed by atoms with van der Waals surface area (Å²) in [5.41, 5.74) is 0. The standard InChI is InChI=1S/C74H136O6/c1-4-7-10-13-16-19-22-25-28-31-33-34-35-36-37-38-39-40-41-44-46-49-52-55-58-61-64-67-73(76)79-70-71(69-78-72(75)66-63-60-57-54-51-48-45-42-30-27-24-21-18-15-12-9-6-3)80-74(77)68-65-62-59-56-53-50-47-43-32-29-26-23-20-17-14-11-8-5-2/h9,12,18,21,27,29-30,32,71H,4-8,10-11,13-17,19-20,22-26,28,31,33-70H2,1-3H3/b12-9-,21-18-,30-27-,32-29-. The third kappa shape index (κ3) is 66.2. The summed E-state index contributed by atoms with van der Waals surface area (Å²) in [6, 6.07) is 0. The van der Waals surface area contributed by atoms with Gasteiger partial charge in [-0.2, -0.15) is 0 Å². The SMILES string of the molecule is CC/C=C\C/C=C\C/C=C\CCCCCCCCCC(=O)OCC(COC(=O)CCCCCCCCCCCCCCCCCCCCCCCCCCCCC)OC(=O)CCCCCCCCC/C=C\CCCCCCCCC. The molecule has 0 aliphatic carbocycles. The lowest BCUT2D eigenvalue weighted by Crippen LogP contribution is -2.30. The van der Waals surface area contributed by atoms with Crippen LogP contribution in [0.3, 0.4) is 0 Å². The van der Waals surface area contributed by atoms with E-state index in [4.69, 9.17) is 14.2 Å². The Hall–Kier alpha value is -2.63. The van der Waals surface area contributed by atoms with Gasteiger partial charge in [-0.25, -0.2) is 0 Å². The Labute approximate surface area is 498 Å². The fourth-order valence-corrected chi connectivity index (χ4v) is 10.8. The fourth-order valence-electron chi connectivity index (χ4n) is 10.8. The van der Waals surface area contributed by atoms with E-state index in [0.29, 0.717) is 19.3 Å². The van der Waals surface area contributed by atoms with Crippen molar-refractivity contribution in [1.29, 1.82) is 0 Å². The maximum atomic E-state index is 12.9. The molecule has 0 radical (unpaired) electrons. The molecule has 0 heterocycles. The molecule has 6 nitrogen and oxygen atoms in total. The van der Waals surface area contributed by atoms with Gasteiger partial charge < -0.3 is 14.2 Å². The number of hydrogen-bond acceptors (Lipinski definition) is 6. The van der Waals surface area contributed by atoms with Gasteiger partial charge in [-0.15, -0.1) is 0 Å². The van der Waals surface area contributed by atoms with Gasteiger partial charge in [0.25, 0.3) is 0 Å². The lowest BCUT2D eigenvalue weighted by atomic mass is 10.0. The monoisotopic (exact) mass is 1120 g/mol. The molecule has 0 aromatic heterocycles. The van der Waals surface area contributed by atoms with Crippen LogP contribution in [-0.4, -0.2) is 37.2 Å². The number of unbranched alkanes of at least 4 members (excludes halogenated alkanes) is 47. The molecule has 0 saturated heterocycles. The molecule has 0 amide bonds. The maximum Gasteiger partial charge on any atom is 0.306 e. The van der Waals surface area contributed by atoms with Gasteiger partial charge in [-0.1, -0.05) is 339 Å². The van der Waals surface area contributed by atoms with E-state index in [9.17, 15) is 14.4 Å². The second kappa shape index (κ2) is 68.9. The lowest BCUT2D eigenvalue weighted by molar-refractivity contribution is -0.167. The van der Waals surface area contributed by atoms with E-state index in [1.807, 2.05) is 0 Å². The van der Waals surface area contributed by atoms with E-state index in [1.165, 1.54) is 263 Å². The number of carbonyl (C=O) groups is 3. The van der Waals surface area contributed by atoms with Crippen LogP contribution in [0.4, 0.5) is 0 Å². The van der Waals surface area contributed by atoms with Crippen molar-refractivity contribution in [3.63, 3.8) is 0 Å². The molecule has 0 saturated carbocycles. The van der Waals surface area contributed by atoms with Gasteiger partial charge in [-0.3, -0.25) is 14.4 Å². The highest BCUT2D eigenvalue weighted by Crippen LogP contribution is 2.19. The van der Waals surface area contributed by atoms with E-state index in [-0.39, 0.29) is 31.1 Å². The summed E-state index contributed by atoms with van der Waals surface area (Å²) in [6.45, 7) is 6.59. The number of carbonyl (C=O) groups excluding carboxylic acids is 3. The van der Waals surface area contributed by atoms with Gasteiger partial charge in [0.1, 0.15) is 13.2 Å². The van der Waals surface area contributed by atoms with Crippen molar-refractivity contribution in [1.82, 2.24) is 0 Å². The molecule has 0 rings (SSSR count). The normalized spacial score (nSPS) is 12.3. The molecule has 0 fully saturated rings. The Morgan fingerprint density at radius 3 is 0.775 bits per heavy atom. The molecular weight excluding hydrogens is 985 g/mol. The van der Waals surface area contributed by atoms with Gasteiger partial charge in [0, 0.05) is 19.3 Å². The fraction of sp³-hybridized carbons (Fsp3) is 0.851. The Morgan fingerprint density at radius 1 is 0.263 bits per heavy atom. The zero-order valence-electron chi connectivity index (χ0n) is 53.9. The van der Waals surface area contributed by atoms with Crippen LogP contribution in [0.2, 0.25) is 0 Å². The Kier molecular flexibility index (Phi) is 66.6. The second-order valence-corrected chi connectivity index (χ2v) is 24.1. The average molecular weight is 1120 g/mol. The summed E-state index contributed by atoms with van der Waals surface area (Å²) in [5.74, 6) is -0.862. The molecule has 0 aliphatic heterocycles. The van der Waals surface area contributed by atoms with Gasteiger partial charge in [0.15, 0.2) is 6.10 Å². The average Bonchev–Trinajstić information content (AvgIpc) is 3.46. The smallest absolute Gasteiger partial charge is 0.306 e. The summed E-state index contributed by atoms with van der Waals surface area (Å²) in [7, 11) is 0. The van der Waals surface area contributed by atoms with Gasteiger partial charge in [-0.05, 0) is 77.0 Å². The van der Waals surface area contributed by atoms with Crippen LogP contribution in [0, 0.1) is 0 Å². The molecule has 0 spiro atoms. The van der Waals surface area contributed by atoms with Crippen LogP contribution in [0.1, 0.15) is 387 Å². The van der Waals surface area contributed by atoms with Gasteiger partial charge in [0.05, 0.1) is 0 Å². The highest BCUT2D eigenvalue weighted by Gasteiger charge is 2.19. The Balaban J connectivity index is 4.26. The predicted octanol–water partition coefficient (Wildman–Crippen LogP) is 24.5. The molecule has 0 aromatic carbocycles. The predicted molar refractivity (Wildman–Crippen MR) is 349 cm³/mol. The van der Waals surface area contributed by atoms with Crippen LogP contribution in [0.15, 0.2) is 48.6 Å². The summed E-state index contributed by atoms with van der Waals surface area (Å²) >= 11 is 0. The highest BCUT2D eigenvalue weighted by molar-refractivity contribution is 5.71. The van der Waals surface area contributed by atoms with E-state index >= 15 is 0 Å². The quantitative estimate of drug-likeness (QED) is 0.0261. The van der Waals surface area contributed by atoms with Gasteiger partial charge in [0.2, 0.25) is 0 Å². The first-order chi connectivity index (χ1) is 39.5. The van der Waals surface area contributed by atoms with Crippen molar-refractivity contribution < 1.29 is 28.6 Å². The summed E-state index contributed by atoms with van der Waals surface area (Å²) in [4.78, 5) is 38.5. The molecule has 0 bridgehead atoms. The van der Waals surface area contributed by atoms with E-state index < -0.39 is 6.10 Å². The molecular formula is C74H136O6. The molecule has 80 heavy (non-hydrogen) atoms. The molecule has 0 aromatic rings. The molecule has 0 N–H and O–H groups in total. The minimum atomic E-state index is -0.780. The minimum Gasteiger partial charge on any atom is -0.462 e. The van der Waals surface area contributed by atoms with Crippen molar-refractivity contribution in [2.75, 3.05) is 13.2 Å². The van der Waals surface area contributed by atoms with Crippen molar-refractivity contribution in [3.05, 3.63) is 48.6 Å². The van der Waals surface area contributed by atoms with E-state index in [2.05, 4.69) is 69.4 Å². The van der Waals surface area contributed by atoms with Crippen LogP contribution in [0.25, 0.3) is 0 Å². The van der Waals surface area contributed by atoms with Crippen LogP contribution in [0.5, 0.6) is 0 Å². The zero-order chi connectivity index (χ0) is 57.8. The van der Waals surface area contributed by atoms with Crippen molar-refractivity contribution in [2.45, 2.75) is 393 Å². The molecule has 0 aliphatic rings. The summed E-state index contributed by atoms with van der Waals surface area (Å²) in [5, 5.41) is 0. The Bertz CT molecular complexity index is 1380. The van der Waals surface area contributed by atoms with Crippen LogP contribution < -0.4 is 0 Å². The molecule has 1 unspecified atom stereocenters. The number of ether oxygens (including phenoxy) is 3. The minimum absolute atomic E-state index is 0.0740. The number of esters is 3.